The topological polar surface area (TPSA) is 57.9 Å². The minimum Gasteiger partial charge on any atom is -0.356 e. The van der Waals surface area contributed by atoms with Gasteiger partial charge in [0.15, 0.2) is 0 Å². The van der Waals surface area contributed by atoms with Gasteiger partial charge in [-0.2, -0.15) is 0 Å². The van der Waals surface area contributed by atoms with Gasteiger partial charge in [-0.05, 0) is 37.5 Å². The molecule has 1 aliphatic heterocycles. The highest BCUT2D eigenvalue weighted by molar-refractivity contribution is 8.26. The van der Waals surface area contributed by atoms with Gasteiger partial charge in [-0.1, -0.05) is 82.9 Å². The Bertz CT molecular complexity index is 1090. The maximum absolute atomic E-state index is 13.5. The van der Waals surface area contributed by atoms with E-state index in [2.05, 4.69) is 25.7 Å². The molecule has 1 aliphatic rings. The van der Waals surface area contributed by atoms with E-state index in [9.17, 15) is 9.59 Å². The normalized spacial score (nSPS) is 15.1. The summed E-state index contributed by atoms with van der Waals surface area (Å²) in [6, 6.07) is 5.53. The Labute approximate surface area is 212 Å². The summed E-state index contributed by atoms with van der Waals surface area (Å²) in [5, 5.41) is 0. The van der Waals surface area contributed by atoms with Crippen molar-refractivity contribution in [1.82, 2.24) is 14.3 Å². The smallest absolute Gasteiger partial charge is 0.267 e. The number of thiocarbonyl (C=S) groups is 1. The highest BCUT2D eigenvalue weighted by Crippen LogP contribution is 2.33. The number of hydrogen-bond acceptors (Lipinski definition) is 6. The van der Waals surface area contributed by atoms with Crippen LogP contribution in [0.15, 0.2) is 34.1 Å². The first-order valence-electron chi connectivity index (χ1n) is 12.5. The zero-order valence-electron chi connectivity index (χ0n) is 20.6. The van der Waals surface area contributed by atoms with Gasteiger partial charge in [0, 0.05) is 25.8 Å². The maximum Gasteiger partial charge on any atom is 0.267 e. The lowest BCUT2D eigenvalue weighted by Crippen LogP contribution is -2.31. The number of fused-ring (bicyclic) bond motifs is 1. The van der Waals surface area contributed by atoms with Crippen molar-refractivity contribution in [2.75, 3.05) is 24.5 Å². The predicted octanol–water partition coefficient (Wildman–Crippen LogP) is 5.88. The number of carbonyl (C=O) groups excluding carboxylic acids is 1. The standard InChI is InChI=1S/C26H36N4O2S2/c1-4-7-8-9-10-12-18-30-25(32)21(34-26(30)33)19-20-23(28(15-5-2)16-6-3)27-22-14-11-13-17-29(22)24(20)31/h11,13-14,17,19H,4-10,12,15-16,18H2,1-3H3/b21-19-. The molecule has 0 spiro atoms. The van der Waals surface area contributed by atoms with Gasteiger partial charge in [-0.15, -0.1) is 0 Å². The summed E-state index contributed by atoms with van der Waals surface area (Å²) >= 11 is 6.81. The third-order valence-corrected chi connectivity index (χ3v) is 7.30. The van der Waals surface area contributed by atoms with Gasteiger partial charge in [-0.3, -0.25) is 18.9 Å². The largest absolute Gasteiger partial charge is 0.356 e. The third kappa shape index (κ3) is 6.27. The monoisotopic (exact) mass is 500 g/mol. The molecule has 3 rings (SSSR count). The van der Waals surface area contributed by atoms with Gasteiger partial charge >= 0.3 is 0 Å². The highest BCUT2D eigenvalue weighted by atomic mass is 32.2. The van der Waals surface area contributed by atoms with Crippen molar-refractivity contribution in [2.24, 2.45) is 0 Å². The molecule has 1 saturated heterocycles. The number of thioether (sulfide) groups is 1. The van der Waals surface area contributed by atoms with Gasteiger partial charge in [0.05, 0.1) is 10.5 Å². The maximum atomic E-state index is 13.5. The van der Waals surface area contributed by atoms with Gasteiger partial charge < -0.3 is 4.90 Å². The molecule has 0 atom stereocenters. The zero-order chi connectivity index (χ0) is 24.5. The number of aromatic nitrogens is 2. The molecule has 2 aromatic rings. The summed E-state index contributed by atoms with van der Waals surface area (Å²) in [5.74, 6) is 0.533. The molecule has 0 bridgehead atoms. The predicted molar refractivity (Wildman–Crippen MR) is 148 cm³/mol. The van der Waals surface area contributed by atoms with Crippen LogP contribution in [0.3, 0.4) is 0 Å². The second kappa shape index (κ2) is 13.0. The number of anilines is 1. The van der Waals surface area contributed by atoms with Crippen molar-refractivity contribution < 1.29 is 4.79 Å². The van der Waals surface area contributed by atoms with Gasteiger partial charge in [0.2, 0.25) is 0 Å². The van der Waals surface area contributed by atoms with Crippen LogP contribution >= 0.6 is 24.0 Å². The first-order valence-corrected chi connectivity index (χ1v) is 13.8. The molecule has 2 aromatic heterocycles. The first-order chi connectivity index (χ1) is 16.5. The average Bonchev–Trinajstić information content (AvgIpc) is 3.10. The number of pyridine rings is 1. The molecule has 3 heterocycles. The van der Waals surface area contributed by atoms with Crippen LogP contribution in [0.5, 0.6) is 0 Å². The fourth-order valence-electron chi connectivity index (χ4n) is 4.20. The quantitative estimate of drug-likeness (QED) is 0.194. The summed E-state index contributed by atoms with van der Waals surface area (Å²) in [7, 11) is 0. The minimum absolute atomic E-state index is 0.107. The molecule has 1 fully saturated rings. The number of carbonyl (C=O) groups is 1. The highest BCUT2D eigenvalue weighted by Gasteiger charge is 2.32. The number of hydrogen-bond donors (Lipinski definition) is 0. The fraction of sp³-hybridized carbons (Fsp3) is 0.538. The molecule has 1 amide bonds. The summed E-state index contributed by atoms with van der Waals surface area (Å²) in [6.45, 7) is 8.66. The van der Waals surface area contributed by atoms with E-state index in [0.29, 0.717) is 32.8 Å². The molecule has 184 valence electrons. The Morgan fingerprint density at radius 3 is 2.41 bits per heavy atom. The van der Waals surface area contributed by atoms with Crippen molar-refractivity contribution in [3.63, 3.8) is 0 Å². The van der Waals surface area contributed by atoms with Crippen LogP contribution in [0, 0.1) is 0 Å². The molecule has 8 heteroatoms. The van der Waals surface area contributed by atoms with Crippen molar-refractivity contribution in [3.8, 4) is 0 Å². The van der Waals surface area contributed by atoms with E-state index in [1.807, 2.05) is 18.2 Å². The molecule has 0 aromatic carbocycles. The second-order valence-electron chi connectivity index (χ2n) is 8.67. The van der Waals surface area contributed by atoms with Crippen LogP contribution in [0.4, 0.5) is 5.82 Å². The Balaban J connectivity index is 1.91. The molecule has 6 nitrogen and oxygen atoms in total. The molecule has 0 unspecified atom stereocenters. The van der Waals surface area contributed by atoms with E-state index in [1.54, 1.807) is 21.6 Å². The Morgan fingerprint density at radius 2 is 1.71 bits per heavy atom. The molecule has 0 N–H and O–H groups in total. The number of amides is 1. The Kier molecular flexibility index (Phi) is 10.1. The Hall–Kier alpha value is -2.19. The van der Waals surface area contributed by atoms with Crippen LogP contribution in [0.1, 0.15) is 77.7 Å². The van der Waals surface area contributed by atoms with E-state index >= 15 is 0 Å². The van der Waals surface area contributed by atoms with Gasteiger partial charge in [0.1, 0.15) is 15.8 Å². The van der Waals surface area contributed by atoms with Crippen LogP contribution in [-0.4, -0.2) is 44.1 Å². The van der Waals surface area contributed by atoms with E-state index in [4.69, 9.17) is 17.2 Å². The average molecular weight is 501 g/mol. The first kappa shape index (κ1) is 26.4. The van der Waals surface area contributed by atoms with E-state index in [1.165, 1.54) is 37.4 Å². The van der Waals surface area contributed by atoms with E-state index < -0.39 is 0 Å². The van der Waals surface area contributed by atoms with Crippen molar-refractivity contribution in [1.29, 1.82) is 0 Å². The second-order valence-corrected chi connectivity index (χ2v) is 10.3. The SMILES string of the molecule is CCCCCCCCN1C(=O)/C(=C/c2c(N(CCC)CCC)nc3ccccn3c2=O)SC1=S. The lowest BCUT2D eigenvalue weighted by molar-refractivity contribution is -0.122. The van der Waals surface area contributed by atoms with Crippen LogP contribution < -0.4 is 10.5 Å². The molecular weight excluding hydrogens is 464 g/mol. The van der Waals surface area contributed by atoms with Gasteiger partial charge in [-0.25, -0.2) is 4.98 Å². The lowest BCUT2D eigenvalue weighted by atomic mass is 10.1. The molecule has 0 saturated carbocycles. The van der Waals surface area contributed by atoms with Crippen LogP contribution in [0.25, 0.3) is 11.7 Å². The van der Waals surface area contributed by atoms with Crippen molar-refractivity contribution in [2.45, 2.75) is 72.1 Å². The summed E-state index contributed by atoms with van der Waals surface area (Å²) in [6.07, 6.45) is 12.3. The number of nitrogens with zero attached hydrogens (tertiary/aromatic N) is 4. The van der Waals surface area contributed by atoms with Crippen molar-refractivity contribution in [3.05, 3.63) is 45.2 Å². The Morgan fingerprint density at radius 1 is 1.00 bits per heavy atom. The lowest BCUT2D eigenvalue weighted by Gasteiger charge is -2.24. The molecule has 34 heavy (non-hydrogen) atoms. The molecule has 0 aliphatic carbocycles. The number of unbranched alkanes of at least 4 members (excludes halogenated alkanes) is 5. The summed E-state index contributed by atoms with van der Waals surface area (Å²) < 4.78 is 2.11. The zero-order valence-corrected chi connectivity index (χ0v) is 22.2. The fourth-order valence-corrected chi connectivity index (χ4v) is 5.49. The van der Waals surface area contributed by atoms with E-state index in [0.717, 1.165) is 38.8 Å². The minimum atomic E-state index is -0.168. The van der Waals surface area contributed by atoms with Gasteiger partial charge in [0.25, 0.3) is 11.5 Å². The van der Waals surface area contributed by atoms with Crippen LogP contribution in [0.2, 0.25) is 0 Å². The summed E-state index contributed by atoms with van der Waals surface area (Å²) in [5.41, 5.74) is 0.886. The molecular formula is C26H36N4O2S2. The van der Waals surface area contributed by atoms with Crippen molar-refractivity contribution >= 4 is 51.7 Å². The number of rotatable bonds is 13. The van der Waals surface area contributed by atoms with E-state index in [-0.39, 0.29) is 11.5 Å². The molecule has 0 radical (unpaired) electrons. The van der Waals surface area contributed by atoms with Crippen LogP contribution in [-0.2, 0) is 4.79 Å². The summed E-state index contributed by atoms with van der Waals surface area (Å²) in [4.78, 5) is 35.9. The third-order valence-electron chi connectivity index (χ3n) is 5.92.